The maximum Gasteiger partial charge on any atom is 0.134 e. The van der Waals surface area contributed by atoms with Gasteiger partial charge < -0.3 is 0 Å². The van der Waals surface area contributed by atoms with E-state index in [0.29, 0.717) is 12.3 Å². The van der Waals surface area contributed by atoms with Crippen LogP contribution in [0, 0.1) is 23.7 Å². The van der Waals surface area contributed by atoms with Gasteiger partial charge in [0.05, 0.1) is 0 Å². The van der Waals surface area contributed by atoms with Crippen LogP contribution in [0.3, 0.4) is 0 Å². The zero-order valence-electron chi connectivity index (χ0n) is 13.4. The third-order valence-electron chi connectivity index (χ3n) is 6.66. The molecule has 0 aliphatic heterocycles. The summed E-state index contributed by atoms with van der Waals surface area (Å²) in [5.41, 5.74) is 0. The van der Waals surface area contributed by atoms with Crippen molar-refractivity contribution in [2.75, 3.05) is 0 Å². The van der Waals surface area contributed by atoms with E-state index in [1.807, 2.05) is 0 Å². The van der Waals surface area contributed by atoms with E-state index in [4.69, 9.17) is 0 Å². The first kappa shape index (κ1) is 15.7. The van der Waals surface area contributed by atoms with Crippen molar-refractivity contribution in [3.8, 4) is 0 Å². The first-order valence-electron chi connectivity index (χ1n) is 9.52. The zero-order chi connectivity index (χ0) is 14.7. The van der Waals surface area contributed by atoms with Gasteiger partial charge in [0.15, 0.2) is 0 Å². The highest BCUT2D eigenvalue weighted by Crippen LogP contribution is 2.44. The molecule has 3 atom stereocenters. The van der Waals surface area contributed by atoms with Crippen molar-refractivity contribution < 1.29 is 8.78 Å². The molecule has 3 fully saturated rings. The molecule has 3 aliphatic carbocycles. The van der Waals surface area contributed by atoms with Crippen molar-refractivity contribution in [3.05, 3.63) is 0 Å². The van der Waals surface area contributed by atoms with Crippen LogP contribution in [0.5, 0.6) is 0 Å². The number of rotatable bonds is 3. The monoisotopic (exact) mass is 298 g/mol. The van der Waals surface area contributed by atoms with E-state index < -0.39 is 12.3 Å². The van der Waals surface area contributed by atoms with Gasteiger partial charge in [-0.15, -0.1) is 0 Å². The first-order chi connectivity index (χ1) is 10.2. The summed E-state index contributed by atoms with van der Waals surface area (Å²) in [7, 11) is 0. The minimum atomic E-state index is -1.18. The molecule has 3 aliphatic rings. The van der Waals surface area contributed by atoms with Gasteiger partial charge in [-0.2, -0.15) is 0 Å². The number of halogens is 2. The lowest BCUT2D eigenvalue weighted by Gasteiger charge is -2.39. The van der Waals surface area contributed by atoms with Crippen LogP contribution in [0.4, 0.5) is 8.78 Å². The molecule has 0 aromatic carbocycles. The van der Waals surface area contributed by atoms with Crippen LogP contribution in [0.2, 0.25) is 0 Å². The third-order valence-corrected chi connectivity index (χ3v) is 6.66. The lowest BCUT2D eigenvalue weighted by Crippen LogP contribution is -2.37. The predicted octanol–water partition coefficient (Wildman–Crippen LogP) is 6.24. The Hall–Kier alpha value is -0.140. The molecule has 0 spiro atoms. The average molecular weight is 298 g/mol. The van der Waals surface area contributed by atoms with Crippen LogP contribution in [0.15, 0.2) is 0 Å². The van der Waals surface area contributed by atoms with Gasteiger partial charge in [0, 0.05) is 0 Å². The van der Waals surface area contributed by atoms with Crippen molar-refractivity contribution in [2.45, 2.75) is 95.8 Å². The summed E-state index contributed by atoms with van der Waals surface area (Å²) in [5, 5.41) is 0. The molecule has 3 saturated carbocycles. The van der Waals surface area contributed by atoms with Crippen molar-refractivity contribution in [1.29, 1.82) is 0 Å². The summed E-state index contributed by atoms with van der Waals surface area (Å²) in [6, 6.07) is 0. The second-order valence-corrected chi connectivity index (χ2v) is 8.08. The van der Waals surface area contributed by atoms with Crippen LogP contribution in [0.25, 0.3) is 0 Å². The number of alkyl halides is 2. The van der Waals surface area contributed by atoms with Gasteiger partial charge in [-0.05, 0) is 55.8 Å². The smallest absolute Gasteiger partial charge is 0.134 e. The maximum atomic E-state index is 14.1. The SMILES string of the molecule is FC1CCCC(C2CCC(CC3CCCCC3)CC2)C1F. The molecule has 0 radical (unpaired) electrons. The number of hydrogen-bond acceptors (Lipinski definition) is 0. The van der Waals surface area contributed by atoms with E-state index in [1.54, 1.807) is 0 Å². The van der Waals surface area contributed by atoms with Crippen LogP contribution in [-0.2, 0) is 0 Å². The molecule has 0 aromatic rings. The Balaban J connectivity index is 1.44. The zero-order valence-corrected chi connectivity index (χ0v) is 13.4. The topological polar surface area (TPSA) is 0 Å². The maximum absolute atomic E-state index is 14.1. The normalized spacial score (nSPS) is 42.9. The minimum Gasteiger partial charge on any atom is -0.244 e. The fraction of sp³-hybridized carbons (Fsp3) is 1.00. The van der Waals surface area contributed by atoms with Crippen molar-refractivity contribution in [3.63, 3.8) is 0 Å². The molecule has 0 amide bonds. The van der Waals surface area contributed by atoms with Crippen LogP contribution in [0.1, 0.15) is 83.5 Å². The van der Waals surface area contributed by atoms with Gasteiger partial charge >= 0.3 is 0 Å². The fourth-order valence-corrected chi connectivity index (χ4v) is 5.38. The Morgan fingerprint density at radius 3 is 2.00 bits per heavy atom. The van der Waals surface area contributed by atoms with Gasteiger partial charge in [-0.3, -0.25) is 0 Å². The molecular formula is C19H32F2. The lowest BCUT2D eigenvalue weighted by atomic mass is 9.68. The highest BCUT2D eigenvalue weighted by molar-refractivity contribution is 4.89. The summed E-state index contributed by atoms with van der Waals surface area (Å²) in [5.74, 6) is 2.36. The van der Waals surface area contributed by atoms with Crippen LogP contribution in [-0.4, -0.2) is 12.3 Å². The van der Waals surface area contributed by atoms with Crippen LogP contribution < -0.4 is 0 Å². The number of hydrogen-bond donors (Lipinski definition) is 0. The lowest BCUT2D eigenvalue weighted by molar-refractivity contribution is 0.0199. The highest BCUT2D eigenvalue weighted by atomic mass is 19.2. The first-order valence-corrected chi connectivity index (χ1v) is 9.52. The van der Waals surface area contributed by atoms with Crippen molar-refractivity contribution in [2.24, 2.45) is 23.7 Å². The highest BCUT2D eigenvalue weighted by Gasteiger charge is 2.39. The molecular weight excluding hydrogens is 266 g/mol. The van der Waals surface area contributed by atoms with Gasteiger partial charge in [-0.1, -0.05) is 51.4 Å². The Bertz CT molecular complexity index is 303. The van der Waals surface area contributed by atoms with Gasteiger partial charge in [0.2, 0.25) is 0 Å². The second kappa shape index (κ2) is 7.42. The Morgan fingerprint density at radius 2 is 1.29 bits per heavy atom. The van der Waals surface area contributed by atoms with Crippen molar-refractivity contribution in [1.82, 2.24) is 0 Å². The molecule has 0 nitrogen and oxygen atoms in total. The fourth-order valence-electron chi connectivity index (χ4n) is 5.38. The standard InChI is InChI=1S/C19H32F2/c20-18-8-4-7-17(19(18)21)16-11-9-15(10-12-16)13-14-5-2-1-3-6-14/h14-19H,1-13H2. The van der Waals surface area contributed by atoms with E-state index in [2.05, 4.69) is 0 Å². The molecule has 0 heterocycles. The Labute approximate surface area is 129 Å². The minimum absolute atomic E-state index is 0.0318. The van der Waals surface area contributed by atoms with E-state index in [1.165, 1.54) is 51.4 Å². The van der Waals surface area contributed by atoms with Gasteiger partial charge in [0.25, 0.3) is 0 Å². The summed E-state index contributed by atoms with van der Waals surface area (Å²) in [6.07, 6.45) is 13.4. The molecule has 3 unspecified atom stereocenters. The largest absolute Gasteiger partial charge is 0.244 e. The molecule has 21 heavy (non-hydrogen) atoms. The molecule has 0 saturated heterocycles. The summed E-state index contributed by atoms with van der Waals surface area (Å²) in [6.45, 7) is 0. The third kappa shape index (κ3) is 3.99. The quantitative estimate of drug-likeness (QED) is 0.578. The van der Waals surface area contributed by atoms with Gasteiger partial charge in [0.1, 0.15) is 12.3 Å². The molecule has 0 bridgehead atoms. The van der Waals surface area contributed by atoms with E-state index in [-0.39, 0.29) is 5.92 Å². The molecule has 122 valence electrons. The van der Waals surface area contributed by atoms with Gasteiger partial charge in [-0.25, -0.2) is 8.78 Å². The summed E-state index contributed by atoms with van der Waals surface area (Å²) >= 11 is 0. The molecule has 2 heteroatoms. The predicted molar refractivity (Wildman–Crippen MR) is 83.8 cm³/mol. The summed E-state index contributed by atoms with van der Waals surface area (Å²) in [4.78, 5) is 0. The summed E-state index contributed by atoms with van der Waals surface area (Å²) < 4.78 is 27.7. The molecule has 3 rings (SSSR count). The van der Waals surface area contributed by atoms with E-state index >= 15 is 0 Å². The second-order valence-electron chi connectivity index (χ2n) is 8.08. The Kier molecular flexibility index (Phi) is 5.56. The van der Waals surface area contributed by atoms with Crippen LogP contribution >= 0.6 is 0 Å². The molecule has 0 N–H and O–H groups in total. The van der Waals surface area contributed by atoms with E-state index in [0.717, 1.165) is 37.5 Å². The average Bonchev–Trinajstić information content (AvgIpc) is 2.52. The Morgan fingerprint density at radius 1 is 0.619 bits per heavy atom. The van der Waals surface area contributed by atoms with Crippen molar-refractivity contribution >= 4 is 0 Å². The molecule has 0 aromatic heterocycles. The van der Waals surface area contributed by atoms with E-state index in [9.17, 15) is 8.78 Å².